The molecule has 0 radical (unpaired) electrons. The Hall–Kier alpha value is -2.47. The Morgan fingerprint density at radius 2 is 1.71 bits per heavy atom. The van der Waals surface area contributed by atoms with E-state index in [1.807, 2.05) is 36.4 Å². The molecule has 0 saturated heterocycles. The number of methoxy groups -OCH3 is 1. The molecule has 0 spiro atoms. The Morgan fingerprint density at radius 3 is 2.36 bits per heavy atom. The second-order valence-corrected chi connectivity index (χ2v) is 6.95. The number of aliphatic hydroxyl groups is 1. The molecule has 6 heteroatoms. The number of rotatable bonds is 10. The quantitative estimate of drug-likeness (QED) is 0.546. The van der Waals surface area contributed by atoms with Crippen molar-refractivity contribution in [1.82, 2.24) is 4.90 Å². The van der Waals surface area contributed by atoms with Crippen LogP contribution in [0.1, 0.15) is 11.3 Å². The first-order valence-electron chi connectivity index (χ1n) is 9.06. The third-order valence-corrected chi connectivity index (χ3v) is 4.50. The first kappa shape index (κ1) is 20.3. The largest absolute Gasteiger partial charge is 0.497 e. The van der Waals surface area contributed by atoms with E-state index in [-0.39, 0.29) is 6.61 Å². The third kappa shape index (κ3) is 6.30. The highest BCUT2D eigenvalue weighted by atomic mass is 35.5. The van der Waals surface area contributed by atoms with Crippen LogP contribution in [0.25, 0.3) is 0 Å². The molecule has 1 N–H and O–H groups in total. The van der Waals surface area contributed by atoms with Crippen molar-refractivity contribution in [2.24, 2.45) is 0 Å². The van der Waals surface area contributed by atoms with Gasteiger partial charge in [-0.15, -0.1) is 0 Å². The normalized spacial score (nSPS) is 12.1. The van der Waals surface area contributed by atoms with E-state index in [0.29, 0.717) is 30.4 Å². The van der Waals surface area contributed by atoms with Crippen LogP contribution in [-0.4, -0.2) is 36.4 Å². The Balaban J connectivity index is 1.59. The highest BCUT2D eigenvalue weighted by Gasteiger charge is 2.15. The van der Waals surface area contributed by atoms with Crippen LogP contribution in [-0.2, 0) is 13.1 Å². The van der Waals surface area contributed by atoms with Gasteiger partial charge in [0, 0.05) is 18.1 Å². The molecule has 2 aromatic carbocycles. The molecule has 0 aliphatic carbocycles. The fourth-order valence-electron chi connectivity index (χ4n) is 2.87. The van der Waals surface area contributed by atoms with Gasteiger partial charge < -0.3 is 19.0 Å². The lowest BCUT2D eigenvalue weighted by Crippen LogP contribution is -2.35. The molecule has 1 heterocycles. The first-order valence-corrected chi connectivity index (χ1v) is 9.44. The first-order chi connectivity index (χ1) is 13.6. The minimum atomic E-state index is -0.649. The van der Waals surface area contributed by atoms with Gasteiger partial charge in [0.05, 0.1) is 19.9 Å². The van der Waals surface area contributed by atoms with E-state index in [0.717, 1.165) is 17.1 Å². The van der Waals surface area contributed by atoms with E-state index < -0.39 is 6.10 Å². The molecule has 3 rings (SSSR count). The maximum absolute atomic E-state index is 10.5. The fourth-order valence-corrected chi connectivity index (χ4v) is 3.00. The van der Waals surface area contributed by atoms with E-state index in [9.17, 15) is 5.11 Å². The van der Waals surface area contributed by atoms with Crippen LogP contribution in [0.3, 0.4) is 0 Å². The molecule has 148 valence electrons. The van der Waals surface area contributed by atoms with Crippen molar-refractivity contribution < 1.29 is 19.0 Å². The molecule has 5 nitrogen and oxygen atoms in total. The predicted molar refractivity (Wildman–Crippen MR) is 109 cm³/mol. The molecular formula is C22H24ClNO4. The molecule has 0 amide bonds. The smallest absolute Gasteiger partial charge is 0.119 e. The molecule has 0 saturated carbocycles. The summed E-state index contributed by atoms with van der Waals surface area (Å²) in [5.74, 6) is 2.34. The maximum Gasteiger partial charge on any atom is 0.119 e. The van der Waals surface area contributed by atoms with Crippen LogP contribution in [0.4, 0.5) is 0 Å². The van der Waals surface area contributed by atoms with E-state index >= 15 is 0 Å². The summed E-state index contributed by atoms with van der Waals surface area (Å²) in [6.45, 7) is 1.90. The van der Waals surface area contributed by atoms with Gasteiger partial charge in [0.2, 0.25) is 0 Å². The van der Waals surface area contributed by atoms with Crippen LogP contribution in [0, 0.1) is 0 Å². The maximum atomic E-state index is 10.5. The number of halogens is 1. The van der Waals surface area contributed by atoms with Gasteiger partial charge in [-0.2, -0.15) is 0 Å². The van der Waals surface area contributed by atoms with Crippen molar-refractivity contribution in [3.63, 3.8) is 0 Å². The van der Waals surface area contributed by atoms with Crippen LogP contribution in [0.5, 0.6) is 11.5 Å². The van der Waals surface area contributed by atoms with Crippen molar-refractivity contribution in [1.29, 1.82) is 0 Å². The number of ether oxygens (including phenoxy) is 2. The molecule has 1 aromatic heterocycles. The van der Waals surface area contributed by atoms with Crippen molar-refractivity contribution in [3.8, 4) is 11.5 Å². The summed E-state index contributed by atoms with van der Waals surface area (Å²) in [5.41, 5.74) is 1.12. The van der Waals surface area contributed by atoms with E-state index in [1.54, 1.807) is 37.6 Å². The molecular weight excluding hydrogens is 378 g/mol. The summed E-state index contributed by atoms with van der Waals surface area (Å²) in [7, 11) is 1.65. The molecule has 0 aliphatic heterocycles. The standard InChI is InChI=1S/C22H24ClNO4/c1-26-20-8-4-17(5-9-20)13-24(15-22-3-2-12-27-22)14-19(25)16-28-21-10-6-18(23)7-11-21/h2-12,19,25H,13-16H2,1H3/t19-/m1/s1. The van der Waals surface area contributed by atoms with E-state index in [1.165, 1.54) is 0 Å². The molecule has 3 aromatic rings. The van der Waals surface area contributed by atoms with Crippen molar-refractivity contribution in [2.75, 3.05) is 20.3 Å². The predicted octanol–water partition coefficient (Wildman–Crippen LogP) is 4.38. The molecule has 1 atom stereocenters. The van der Waals surface area contributed by atoms with Crippen molar-refractivity contribution >= 4 is 11.6 Å². The number of hydrogen-bond donors (Lipinski definition) is 1. The van der Waals surface area contributed by atoms with Gasteiger partial charge in [0.15, 0.2) is 0 Å². The number of aliphatic hydroxyl groups excluding tert-OH is 1. The second-order valence-electron chi connectivity index (χ2n) is 6.52. The molecule has 0 aliphatic rings. The van der Waals surface area contributed by atoms with Gasteiger partial charge in [-0.1, -0.05) is 23.7 Å². The number of hydrogen-bond acceptors (Lipinski definition) is 5. The minimum absolute atomic E-state index is 0.193. The summed E-state index contributed by atoms with van der Waals surface area (Å²) >= 11 is 5.88. The van der Waals surface area contributed by atoms with Gasteiger partial charge >= 0.3 is 0 Å². The molecule has 0 fully saturated rings. The van der Waals surface area contributed by atoms with Crippen LogP contribution >= 0.6 is 11.6 Å². The van der Waals surface area contributed by atoms with Crippen LogP contribution < -0.4 is 9.47 Å². The summed E-state index contributed by atoms with van der Waals surface area (Å²) in [4.78, 5) is 2.12. The molecule has 0 bridgehead atoms. The fraction of sp³-hybridized carbons (Fsp3) is 0.273. The summed E-state index contributed by atoms with van der Waals surface area (Å²) in [6.07, 6.45) is 1.00. The van der Waals surface area contributed by atoms with Crippen molar-refractivity contribution in [3.05, 3.63) is 83.3 Å². The minimum Gasteiger partial charge on any atom is -0.497 e. The Kier molecular flexibility index (Phi) is 7.37. The van der Waals surface area contributed by atoms with Gasteiger partial charge in [0.1, 0.15) is 30.0 Å². The third-order valence-electron chi connectivity index (χ3n) is 4.25. The summed E-state index contributed by atoms with van der Waals surface area (Å²) in [5, 5.41) is 11.1. The summed E-state index contributed by atoms with van der Waals surface area (Å²) < 4.78 is 16.3. The lowest BCUT2D eigenvalue weighted by atomic mass is 10.2. The topological polar surface area (TPSA) is 55.1 Å². The van der Waals surface area contributed by atoms with Gasteiger partial charge in [-0.05, 0) is 54.1 Å². The van der Waals surface area contributed by atoms with E-state index in [2.05, 4.69) is 4.90 Å². The molecule has 28 heavy (non-hydrogen) atoms. The summed E-state index contributed by atoms with van der Waals surface area (Å²) in [6, 6.07) is 18.8. The zero-order valence-electron chi connectivity index (χ0n) is 15.8. The number of furan rings is 1. The number of nitrogens with zero attached hydrogens (tertiary/aromatic N) is 1. The Morgan fingerprint density at radius 1 is 1.00 bits per heavy atom. The highest BCUT2D eigenvalue weighted by molar-refractivity contribution is 6.30. The zero-order valence-corrected chi connectivity index (χ0v) is 16.5. The zero-order chi connectivity index (χ0) is 19.8. The van der Waals surface area contributed by atoms with E-state index in [4.69, 9.17) is 25.5 Å². The van der Waals surface area contributed by atoms with Gasteiger partial charge in [-0.25, -0.2) is 0 Å². The van der Waals surface area contributed by atoms with Gasteiger partial charge in [-0.3, -0.25) is 4.90 Å². The van der Waals surface area contributed by atoms with Crippen molar-refractivity contribution in [2.45, 2.75) is 19.2 Å². The lowest BCUT2D eigenvalue weighted by molar-refractivity contribution is 0.0604. The monoisotopic (exact) mass is 401 g/mol. The second kappa shape index (κ2) is 10.2. The van der Waals surface area contributed by atoms with Crippen LogP contribution in [0.2, 0.25) is 5.02 Å². The van der Waals surface area contributed by atoms with Gasteiger partial charge in [0.25, 0.3) is 0 Å². The average Bonchev–Trinajstić information content (AvgIpc) is 3.21. The Labute approximate surface area is 170 Å². The average molecular weight is 402 g/mol. The van der Waals surface area contributed by atoms with Crippen LogP contribution in [0.15, 0.2) is 71.3 Å². The molecule has 0 unspecified atom stereocenters. The SMILES string of the molecule is COc1ccc(CN(Cc2ccco2)C[C@@H](O)COc2ccc(Cl)cc2)cc1. The lowest BCUT2D eigenvalue weighted by Gasteiger charge is -2.24. The highest BCUT2D eigenvalue weighted by Crippen LogP contribution is 2.17. The Bertz CT molecular complexity index is 819. The number of benzene rings is 2.